The van der Waals surface area contributed by atoms with Crippen LogP contribution in [0.2, 0.25) is 0 Å². The third-order valence-corrected chi connectivity index (χ3v) is 3.93. The van der Waals surface area contributed by atoms with Crippen LogP contribution in [0.15, 0.2) is 18.2 Å². The third kappa shape index (κ3) is 4.46. The first-order valence-corrected chi connectivity index (χ1v) is 7.72. The summed E-state index contributed by atoms with van der Waals surface area (Å²) in [5.74, 6) is -0.322. The van der Waals surface area contributed by atoms with Gasteiger partial charge in [0.25, 0.3) is 0 Å². The predicted octanol–water partition coefficient (Wildman–Crippen LogP) is 1.88. The summed E-state index contributed by atoms with van der Waals surface area (Å²) in [4.78, 5) is 23.1. The lowest BCUT2D eigenvalue weighted by molar-refractivity contribution is -0.118. The van der Waals surface area contributed by atoms with Crippen LogP contribution in [-0.4, -0.2) is 29.7 Å². The monoisotopic (exact) mass is 305 g/mol. The topological polar surface area (TPSA) is 104 Å². The van der Waals surface area contributed by atoms with Crippen LogP contribution in [0, 0.1) is 0 Å². The normalized spacial score (nSPS) is 14.2. The Labute approximate surface area is 130 Å². The van der Waals surface area contributed by atoms with Gasteiger partial charge in [0.2, 0.25) is 5.91 Å². The molecule has 0 radical (unpaired) electrons. The van der Waals surface area contributed by atoms with E-state index < -0.39 is 12.1 Å². The number of carboxylic acid groups (broad SMARTS) is 1. The number of unbranched alkanes of at least 4 members (excludes halogenated alkanes) is 1. The number of nitrogens with one attached hydrogen (secondary N) is 2. The number of fused-ring (bicyclic) bond motifs is 1. The van der Waals surface area contributed by atoms with Crippen LogP contribution < -0.4 is 16.4 Å². The Morgan fingerprint density at radius 3 is 2.73 bits per heavy atom. The summed E-state index contributed by atoms with van der Waals surface area (Å²) in [6.07, 6.45) is 4.00. The number of anilines is 1. The molecule has 6 heteroatoms. The average Bonchev–Trinajstić information content (AvgIpc) is 2.93. The van der Waals surface area contributed by atoms with Crippen molar-refractivity contribution < 1.29 is 14.7 Å². The summed E-state index contributed by atoms with van der Waals surface area (Å²) in [7, 11) is 0. The summed E-state index contributed by atoms with van der Waals surface area (Å²) >= 11 is 0. The Hall–Kier alpha value is -2.08. The zero-order valence-electron chi connectivity index (χ0n) is 12.6. The Morgan fingerprint density at radius 1 is 1.23 bits per heavy atom. The van der Waals surface area contributed by atoms with Gasteiger partial charge in [-0.2, -0.15) is 0 Å². The number of rotatable bonds is 7. The lowest BCUT2D eigenvalue weighted by Crippen LogP contribution is -2.43. The van der Waals surface area contributed by atoms with Crippen LogP contribution >= 0.6 is 0 Å². The molecule has 1 unspecified atom stereocenters. The molecule has 0 saturated heterocycles. The number of hydrogen-bond acceptors (Lipinski definition) is 3. The molecule has 0 spiro atoms. The highest BCUT2D eigenvalue weighted by Gasteiger charge is 2.20. The molecule has 1 atom stereocenters. The molecule has 0 aromatic heterocycles. The van der Waals surface area contributed by atoms with E-state index in [0.717, 1.165) is 31.4 Å². The summed E-state index contributed by atoms with van der Waals surface area (Å²) in [5.41, 5.74) is 8.76. The van der Waals surface area contributed by atoms with Gasteiger partial charge in [0.1, 0.15) is 6.04 Å². The van der Waals surface area contributed by atoms with Crippen molar-refractivity contribution in [3.8, 4) is 0 Å². The molecule has 1 aliphatic rings. The molecule has 0 heterocycles. The number of amides is 2. The lowest BCUT2D eigenvalue weighted by atomic mass is 10.1. The van der Waals surface area contributed by atoms with Gasteiger partial charge in [-0.05, 0) is 68.3 Å². The van der Waals surface area contributed by atoms with E-state index in [9.17, 15) is 9.59 Å². The molecular weight excluding hydrogens is 282 g/mol. The van der Waals surface area contributed by atoms with Gasteiger partial charge in [-0.3, -0.25) is 4.79 Å². The van der Waals surface area contributed by atoms with Crippen molar-refractivity contribution in [2.45, 2.75) is 44.6 Å². The minimum absolute atomic E-state index is 0.322. The van der Waals surface area contributed by atoms with Crippen LogP contribution in [0.25, 0.3) is 0 Å². The Morgan fingerprint density at radius 2 is 2.00 bits per heavy atom. The summed E-state index contributed by atoms with van der Waals surface area (Å²) in [6, 6.07) is 5.14. The zero-order chi connectivity index (χ0) is 15.9. The first-order valence-electron chi connectivity index (χ1n) is 7.72. The van der Waals surface area contributed by atoms with Crippen molar-refractivity contribution in [1.82, 2.24) is 5.32 Å². The number of nitrogens with two attached hydrogens (primary N) is 1. The van der Waals surface area contributed by atoms with Crippen molar-refractivity contribution in [2.75, 3.05) is 11.9 Å². The molecule has 0 saturated carbocycles. The van der Waals surface area contributed by atoms with Crippen molar-refractivity contribution in [3.05, 3.63) is 29.3 Å². The maximum atomic E-state index is 12.3. The molecule has 2 amide bonds. The molecule has 1 aliphatic carbocycles. The van der Waals surface area contributed by atoms with E-state index in [1.165, 1.54) is 11.1 Å². The molecule has 120 valence electrons. The van der Waals surface area contributed by atoms with Gasteiger partial charge in [-0.25, -0.2) is 4.79 Å². The van der Waals surface area contributed by atoms with E-state index in [0.29, 0.717) is 19.4 Å². The SMILES string of the molecule is NCCCCC(NC(=O)O)C(=O)Nc1ccc2c(c1)CCC2. The van der Waals surface area contributed by atoms with Gasteiger partial charge in [0.15, 0.2) is 0 Å². The van der Waals surface area contributed by atoms with Gasteiger partial charge >= 0.3 is 6.09 Å². The van der Waals surface area contributed by atoms with Crippen LogP contribution in [0.4, 0.5) is 10.5 Å². The molecule has 5 N–H and O–H groups in total. The fourth-order valence-electron chi connectivity index (χ4n) is 2.79. The van der Waals surface area contributed by atoms with E-state index in [2.05, 4.69) is 10.6 Å². The quantitative estimate of drug-likeness (QED) is 0.577. The van der Waals surface area contributed by atoms with Gasteiger partial charge in [-0.1, -0.05) is 6.07 Å². The van der Waals surface area contributed by atoms with Crippen molar-refractivity contribution in [3.63, 3.8) is 0 Å². The van der Waals surface area contributed by atoms with Crippen LogP contribution in [0.5, 0.6) is 0 Å². The number of carbonyl (C=O) groups is 2. The highest BCUT2D eigenvalue weighted by atomic mass is 16.4. The van der Waals surface area contributed by atoms with Gasteiger partial charge in [-0.15, -0.1) is 0 Å². The highest BCUT2D eigenvalue weighted by molar-refractivity contribution is 5.96. The van der Waals surface area contributed by atoms with E-state index >= 15 is 0 Å². The van der Waals surface area contributed by atoms with Crippen LogP contribution in [0.3, 0.4) is 0 Å². The van der Waals surface area contributed by atoms with Crippen LogP contribution in [-0.2, 0) is 17.6 Å². The highest BCUT2D eigenvalue weighted by Crippen LogP contribution is 2.25. The number of aryl methyl sites for hydroxylation is 2. The number of carbonyl (C=O) groups excluding carboxylic acids is 1. The van der Waals surface area contributed by atoms with E-state index in [1.54, 1.807) is 0 Å². The molecule has 0 bridgehead atoms. The van der Waals surface area contributed by atoms with Crippen molar-refractivity contribution in [1.29, 1.82) is 0 Å². The molecule has 0 aliphatic heterocycles. The van der Waals surface area contributed by atoms with Gasteiger partial charge < -0.3 is 21.5 Å². The van der Waals surface area contributed by atoms with Crippen LogP contribution in [0.1, 0.15) is 36.8 Å². The van der Waals surface area contributed by atoms with Gasteiger partial charge in [0.05, 0.1) is 0 Å². The predicted molar refractivity (Wildman–Crippen MR) is 85.0 cm³/mol. The molecule has 22 heavy (non-hydrogen) atoms. The van der Waals surface area contributed by atoms with Gasteiger partial charge in [0, 0.05) is 5.69 Å². The maximum absolute atomic E-state index is 12.3. The lowest BCUT2D eigenvalue weighted by Gasteiger charge is -2.17. The average molecular weight is 305 g/mol. The summed E-state index contributed by atoms with van der Waals surface area (Å²) < 4.78 is 0. The maximum Gasteiger partial charge on any atom is 0.405 e. The van der Waals surface area contributed by atoms with E-state index in [4.69, 9.17) is 10.8 Å². The Balaban J connectivity index is 1.98. The largest absolute Gasteiger partial charge is 0.465 e. The second-order valence-electron chi connectivity index (χ2n) is 5.61. The Kier molecular flexibility index (Phi) is 5.77. The minimum atomic E-state index is -1.19. The molecule has 6 nitrogen and oxygen atoms in total. The first kappa shape index (κ1) is 16.3. The first-order chi connectivity index (χ1) is 10.6. The standard InChI is InChI=1S/C16H23N3O3/c17-9-2-1-6-14(19-16(21)22)15(20)18-13-8-7-11-4-3-5-12(11)10-13/h7-8,10,14,19H,1-6,9,17H2,(H,18,20)(H,21,22). The van der Waals surface area contributed by atoms with Crippen molar-refractivity contribution >= 4 is 17.7 Å². The number of hydrogen-bond donors (Lipinski definition) is 4. The van der Waals surface area contributed by atoms with E-state index in [1.807, 2.05) is 18.2 Å². The van der Waals surface area contributed by atoms with E-state index in [-0.39, 0.29) is 5.91 Å². The fourth-order valence-corrected chi connectivity index (χ4v) is 2.79. The molecule has 0 fully saturated rings. The third-order valence-electron chi connectivity index (χ3n) is 3.93. The molecule has 1 aromatic carbocycles. The summed E-state index contributed by atoms with van der Waals surface area (Å²) in [6.45, 7) is 0.534. The zero-order valence-corrected chi connectivity index (χ0v) is 12.6. The summed E-state index contributed by atoms with van der Waals surface area (Å²) in [5, 5.41) is 13.9. The second-order valence-corrected chi connectivity index (χ2v) is 5.61. The van der Waals surface area contributed by atoms with Crippen molar-refractivity contribution in [2.24, 2.45) is 5.73 Å². The second kappa shape index (κ2) is 7.79. The number of benzene rings is 1. The molecule has 2 rings (SSSR count). The molecule has 1 aromatic rings. The smallest absolute Gasteiger partial charge is 0.405 e. The minimum Gasteiger partial charge on any atom is -0.465 e. The Bertz CT molecular complexity index is 545. The fraction of sp³-hybridized carbons (Fsp3) is 0.500. The molecular formula is C16H23N3O3.